The van der Waals surface area contributed by atoms with Gasteiger partial charge < -0.3 is 5.11 Å². The number of aliphatic hydroxyl groups is 1. The van der Waals surface area contributed by atoms with Crippen molar-refractivity contribution in [3.63, 3.8) is 0 Å². The average Bonchev–Trinajstić information content (AvgIpc) is 2.16. The fourth-order valence-electron chi connectivity index (χ4n) is 1.06. The Balaban J connectivity index is 3.08. The number of sulfonamides is 1. The first-order valence-corrected chi connectivity index (χ1v) is 6.72. The molecule has 1 rings (SSSR count). The number of hydrogen-bond acceptors (Lipinski definition) is 3. The molecule has 0 radical (unpaired) electrons. The second-order valence-electron chi connectivity index (χ2n) is 3.28. The Morgan fingerprint density at radius 3 is 2.69 bits per heavy atom. The zero-order valence-electron chi connectivity index (χ0n) is 8.44. The SMILES string of the molecule is CC(CO)NS(=O)(=O)c1ccc(F)cc1Br. The summed E-state index contributed by atoms with van der Waals surface area (Å²) in [5, 5.41) is 8.76. The van der Waals surface area contributed by atoms with Gasteiger partial charge in [-0.1, -0.05) is 0 Å². The minimum Gasteiger partial charge on any atom is -0.395 e. The van der Waals surface area contributed by atoms with Gasteiger partial charge in [-0.15, -0.1) is 0 Å². The van der Waals surface area contributed by atoms with Gasteiger partial charge in [0.2, 0.25) is 10.0 Å². The van der Waals surface area contributed by atoms with E-state index in [0.29, 0.717) is 0 Å². The number of rotatable bonds is 4. The highest BCUT2D eigenvalue weighted by atomic mass is 79.9. The molecule has 0 fully saturated rings. The fourth-order valence-corrected chi connectivity index (χ4v) is 3.34. The van der Waals surface area contributed by atoms with Crippen LogP contribution in [0.5, 0.6) is 0 Å². The first kappa shape index (κ1) is 13.6. The van der Waals surface area contributed by atoms with Crippen molar-refractivity contribution in [3.05, 3.63) is 28.5 Å². The van der Waals surface area contributed by atoms with Crippen LogP contribution in [0.25, 0.3) is 0 Å². The molecule has 0 aliphatic rings. The van der Waals surface area contributed by atoms with E-state index in [-0.39, 0.29) is 16.0 Å². The van der Waals surface area contributed by atoms with E-state index in [1.807, 2.05) is 0 Å². The van der Waals surface area contributed by atoms with E-state index in [0.717, 1.165) is 18.2 Å². The van der Waals surface area contributed by atoms with Gasteiger partial charge in [-0.25, -0.2) is 17.5 Å². The quantitative estimate of drug-likeness (QED) is 0.879. The van der Waals surface area contributed by atoms with Crippen molar-refractivity contribution < 1.29 is 17.9 Å². The van der Waals surface area contributed by atoms with E-state index < -0.39 is 21.9 Å². The molecule has 1 aromatic carbocycles. The summed E-state index contributed by atoms with van der Waals surface area (Å²) in [5.74, 6) is -0.527. The van der Waals surface area contributed by atoms with Crippen LogP contribution in [-0.4, -0.2) is 26.2 Å². The molecule has 0 aliphatic carbocycles. The van der Waals surface area contributed by atoms with Gasteiger partial charge in [0.05, 0.1) is 11.5 Å². The van der Waals surface area contributed by atoms with E-state index in [1.54, 1.807) is 0 Å². The number of benzene rings is 1. The number of nitrogens with one attached hydrogen (secondary N) is 1. The molecular weight excluding hydrogens is 301 g/mol. The van der Waals surface area contributed by atoms with Crippen molar-refractivity contribution in [3.8, 4) is 0 Å². The highest BCUT2D eigenvalue weighted by Gasteiger charge is 2.19. The molecule has 1 aromatic rings. The molecule has 7 heteroatoms. The minimum absolute atomic E-state index is 0.0609. The van der Waals surface area contributed by atoms with Crippen LogP contribution in [0.15, 0.2) is 27.6 Å². The third-order valence-electron chi connectivity index (χ3n) is 1.81. The van der Waals surface area contributed by atoms with Crippen LogP contribution in [0.2, 0.25) is 0 Å². The Labute approximate surface area is 102 Å². The van der Waals surface area contributed by atoms with Crippen molar-refractivity contribution in [2.75, 3.05) is 6.61 Å². The van der Waals surface area contributed by atoms with E-state index in [9.17, 15) is 12.8 Å². The zero-order chi connectivity index (χ0) is 12.3. The van der Waals surface area contributed by atoms with Gasteiger partial charge in [0.25, 0.3) is 0 Å². The third-order valence-corrected chi connectivity index (χ3v) is 4.38. The molecule has 1 atom stereocenters. The van der Waals surface area contributed by atoms with Crippen LogP contribution in [0, 0.1) is 5.82 Å². The summed E-state index contributed by atoms with van der Waals surface area (Å²) in [5.41, 5.74) is 0. The summed E-state index contributed by atoms with van der Waals surface area (Å²) in [7, 11) is -3.74. The standard InChI is InChI=1S/C9H11BrFNO3S/c1-6(5-13)12-16(14,15)9-3-2-7(11)4-8(9)10/h2-4,6,12-13H,5H2,1H3. The predicted octanol–water partition coefficient (Wildman–Crippen LogP) is 1.25. The summed E-state index contributed by atoms with van der Waals surface area (Å²) in [4.78, 5) is -0.0609. The maximum atomic E-state index is 12.8. The summed E-state index contributed by atoms with van der Waals surface area (Å²) < 4.78 is 38.7. The van der Waals surface area contributed by atoms with Crippen molar-refractivity contribution >= 4 is 26.0 Å². The van der Waals surface area contributed by atoms with Crippen LogP contribution < -0.4 is 4.72 Å². The van der Waals surface area contributed by atoms with Gasteiger partial charge in [-0.05, 0) is 41.1 Å². The van der Waals surface area contributed by atoms with Crippen molar-refractivity contribution in [2.45, 2.75) is 17.9 Å². The zero-order valence-corrected chi connectivity index (χ0v) is 10.8. The van der Waals surface area contributed by atoms with Crippen molar-refractivity contribution in [2.24, 2.45) is 0 Å². The predicted molar refractivity (Wildman–Crippen MR) is 61.0 cm³/mol. The van der Waals surface area contributed by atoms with Gasteiger partial charge in [0, 0.05) is 10.5 Å². The molecule has 0 saturated carbocycles. The molecule has 0 aliphatic heterocycles. The largest absolute Gasteiger partial charge is 0.395 e. The molecular formula is C9H11BrFNO3S. The lowest BCUT2D eigenvalue weighted by Crippen LogP contribution is -2.35. The Hall–Kier alpha value is -0.500. The maximum absolute atomic E-state index is 12.8. The minimum atomic E-state index is -3.74. The summed E-state index contributed by atoms with van der Waals surface area (Å²) >= 11 is 2.97. The summed E-state index contributed by atoms with van der Waals surface area (Å²) in [6.45, 7) is 1.22. The normalized spacial score (nSPS) is 13.8. The lowest BCUT2D eigenvalue weighted by Gasteiger charge is -2.12. The molecule has 90 valence electrons. The van der Waals surface area contributed by atoms with E-state index in [2.05, 4.69) is 20.7 Å². The van der Waals surface area contributed by atoms with Gasteiger partial charge in [-0.2, -0.15) is 0 Å². The topological polar surface area (TPSA) is 66.4 Å². The molecule has 0 heterocycles. The van der Waals surface area contributed by atoms with Gasteiger partial charge >= 0.3 is 0 Å². The van der Waals surface area contributed by atoms with Crippen molar-refractivity contribution in [1.82, 2.24) is 4.72 Å². The molecule has 0 spiro atoms. The fraction of sp³-hybridized carbons (Fsp3) is 0.333. The van der Waals surface area contributed by atoms with E-state index in [4.69, 9.17) is 5.11 Å². The van der Waals surface area contributed by atoms with Crippen LogP contribution in [-0.2, 0) is 10.0 Å². The molecule has 16 heavy (non-hydrogen) atoms. The highest BCUT2D eigenvalue weighted by Crippen LogP contribution is 2.22. The van der Waals surface area contributed by atoms with E-state index in [1.165, 1.54) is 6.92 Å². The maximum Gasteiger partial charge on any atom is 0.242 e. The molecule has 0 aromatic heterocycles. The Kier molecular flexibility index (Phi) is 4.43. The smallest absolute Gasteiger partial charge is 0.242 e. The van der Waals surface area contributed by atoms with Gasteiger partial charge in [0.1, 0.15) is 5.82 Å². The molecule has 4 nitrogen and oxygen atoms in total. The molecule has 0 saturated heterocycles. The first-order valence-electron chi connectivity index (χ1n) is 4.45. The van der Waals surface area contributed by atoms with E-state index >= 15 is 0 Å². The second kappa shape index (κ2) is 5.22. The van der Waals surface area contributed by atoms with Crippen LogP contribution in [0.3, 0.4) is 0 Å². The van der Waals surface area contributed by atoms with Gasteiger partial charge in [-0.3, -0.25) is 0 Å². The Morgan fingerprint density at radius 2 is 2.19 bits per heavy atom. The molecule has 0 amide bonds. The van der Waals surface area contributed by atoms with Crippen LogP contribution >= 0.6 is 15.9 Å². The highest BCUT2D eigenvalue weighted by molar-refractivity contribution is 9.10. The number of hydrogen-bond donors (Lipinski definition) is 2. The lowest BCUT2D eigenvalue weighted by atomic mass is 10.3. The monoisotopic (exact) mass is 311 g/mol. The summed E-state index contributed by atoms with van der Waals surface area (Å²) in [6.07, 6.45) is 0. The Morgan fingerprint density at radius 1 is 1.56 bits per heavy atom. The summed E-state index contributed by atoms with van der Waals surface area (Å²) in [6, 6.07) is 2.69. The number of halogens is 2. The lowest BCUT2D eigenvalue weighted by molar-refractivity contribution is 0.265. The molecule has 0 bridgehead atoms. The second-order valence-corrected chi connectivity index (χ2v) is 5.82. The Bertz CT molecular complexity index is 478. The first-order chi connectivity index (χ1) is 7.36. The van der Waals surface area contributed by atoms with Gasteiger partial charge in [0.15, 0.2) is 0 Å². The third kappa shape index (κ3) is 3.24. The van der Waals surface area contributed by atoms with Crippen LogP contribution in [0.1, 0.15) is 6.92 Å². The average molecular weight is 312 g/mol. The molecule has 1 unspecified atom stereocenters. The van der Waals surface area contributed by atoms with Crippen LogP contribution in [0.4, 0.5) is 4.39 Å². The van der Waals surface area contributed by atoms with Crippen molar-refractivity contribution in [1.29, 1.82) is 0 Å². The number of aliphatic hydroxyl groups excluding tert-OH is 1. The molecule has 2 N–H and O–H groups in total.